The van der Waals surface area contributed by atoms with E-state index in [-0.39, 0.29) is 11.8 Å². The molecule has 0 fully saturated rings. The third kappa shape index (κ3) is 4.83. The van der Waals surface area contributed by atoms with Crippen molar-refractivity contribution in [2.45, 2.75) is 32.7 Å². The van der Waals surface area contributed by atoms with E-state index >= 15 is 0 Å². The first kappa shape index (κ1) is 14.1. The van der Waals surface area contributed by atoms with Crippen LogP contribution in [0.15, 0.2) is 12.3 Å². The zero-order valence-electron chi connectivity index (χ0n) is 10.6. The summed E-state index contributed by atoms with van der Waals surface area (Å²) in [6.45, 7) is 3.96. The molecule has 0 spiro atoms. The van der Waals surface area contributed by atoms with Gasteiger partial charge in [0, 0.05) is 24.2 Å². The number of nitrogens with two attached hydrogens (primary N) is 1. The minimum absolute atomic E-state index is 0.183. The van der Waals surface area contributed by atoms with E-state index in [1.807, 2.05) is 19.9 Å². The van der Waals surface area contributed by atoms with Crippen molar-refractivity contribution in [3.63, 3.8) is 0 Å². The van der Waals surface area contributed by atoms with Crippen LogP contribution in [-0.4, -0.2) is 25.4 Å². The first-order valence-corrected chi connectivity index (χ1v) is 7.72. The largest absolute Gasteiger partial charge is 0.323 e. The van der Waals surface area contributed by atoms with Gasteiger partial charge in [0.2, 0.25) is 0 Å². The van der Waals surface area contributed by atoms with Gasteiger partial charge in [-0.2, -0.15) is 0 Å². The maximum atomic E-state index is 11.0. The predicted octanol–water partition coefficient (Wildman–Crippen LogP) is 1.52. The van der Waals surface area contributed by atoms with Crippen LogP contribution < -0.4 is 5.73 Å². The number of pyridine rings is 1. The third-order valence-electron chi connectivity index (χ3n) is 2.64. The van der Waals surface area contributed by atoms with Gasteiger partial charge < -0.3 is 5.73 Å². The standard InChI is InChI=1S/C12H20N2O2S/c1-9-7-10(2)12(14-8-9)11(13)5-4-6-17(3,15)16/h7-8,11H,4-6,13H2,1-3H3. The molecule has 17 heavy (non-hydrogen) atoms. The number of aromatic nitrogens is 1. The average molecular weight is 256 g/mol. The highest BCUT2D eigenvalue weighted by Gasteiger charge is 2.12. The van der Waals surface area contributed by atoms with Crippen LogP contribution in [0.3, 0.4) is 0 Å². The molecule has 0 saturated heterocycles. The molecule has 0 aliphatic carbocycles. The van der Waals surface area contributed by atoms with Gasteiger partial charge in [0.15, 0.2) is 0 Å². The molecule has 1 heterocycles. The van der Waals surface area contributed by atoms with E-state index in [1.165, 1.54) is 6.26 Å². The normalized spacial score (nSPS) is 13.6. The maximum absolute atomic E-state index is 11.0. The molecule has 4 nitrogen and oxygen atoms in total. The highest BCUT2D eigenvalue weighted by molar-refractivity contribution is 7.90. The van der Waals surface area contributed by atoms with Crippen molar-refractivity contribution >= 4 is 9.84 Å². The Morgan fingerprint density at radius 3 is 2.59 bits per heavy atom. The summed E-state index contributed by atoms with van der Waals surface area (Å²) >= 11 is 0. The Morgan fingerprint density at radius 2 is 2.06 bits per heavy atom. The topological polar surface area (TPSA) is 73.0 Å². The molecule has 1 atom stereocenters. The van der Waals surface area contributed by atoms with Gasteiger partial charge in [-0.25, -0.2) is 8.42 Å². The molecule has 0 aliphatic heterocycles. The summed E-state index contributed by atoms with van der Waals surface area (Å²) in [5.41, 5.74) is 9.06. The SMILES string of the molecule is Cc1cnc(C(N)CCCS(C)(=O)=O)c(C)c1. The van der Waals surface area contributed by atoms with Crippen molar-refractivity contribution in [1.29, 1.82) is 0 Å². The van der Waals surface area contributed by atoms with E-state index in [4.69, 9.17) is 5.73 Å². The van der Waals surface area contributed by atoms with Crippen LogP contribution >= 0.6 is 0 Å². The lowest BCUT2D eigenvalue weighted by atomic mass is 10.0. The van der Waals surface area contributed by atoms with E-state index in [0.29, 0.717) is 12.8 Å². The fraction of sp³-hybridized carbons (Fsp3) is 0.583. The Balaban J connectivity index is 2.61. The van der Waals surface area contributed by atoms with Crippen LogP contribution in [0.5, 0.6) is 0 Å². The summed E-state index contributed by atoms with van der Waals surface area (Å²) in [5.74, 6) is 0.186. The fourth-order valence-corrected chi connectivity index (χ4v) is 2.51. The molecular formula is C12H20N2O2S. The molecule has 0 aromatic carbocycles. The van der Waals surface area contributed by atoms with Crippen molar-refractivity contribution in [2.75, 3.05) is 12.0 Å². The monoisotopic (exact) mass is 256 g/mol. The fourth-order valence-electron chi connectivity index (χ4n) is 1.82. The molecule has 0 amide bonds. The van der Waals surface area contributed by atoms with Gasteiger partial charge in [0.25, 0.3) is 0 Å². The van der Waals surface area contributed by atoms with E-state index < -0.39 is 9.84 Å². The van der Waals surface area contributed by atoms with Crippen molar-refractivity contribution < 1.29 is 8.42 Å². The maximum Gasteiger partial charge on any atom is 0.147 e. The predicted molar refractivity (Wildman–Crippen MR) is 69.6 cm³/mol. The molecule has 1 aromatic rings. The lowest BCUT2D eigenvalue weighted by molar-refractivity contribution is 0.583. The minimum atomic E-state index is -2.89. The second-order valence-electron chi connectivity index (χ2n) is 4.59. The molecule has 2 N–H and O–H groups in total. The van der Waals surface area contributed by atoms with Gasteiger partial charge in [0.1, 0.15) is 9.84 Å². The number of aryl methyl sites for hydroxylation is 2. The highest BCUT2D eigenvalue weighted by atomic mass is 32.2. The lowest BCUT2D eigenvalue weighted by Crippen LogP contribution is -2.15. The molecule has 0 aliphatic rings. The van der Waals surface area contributed by atoms with Crippen LogP contribution in [0.2, 0.25) is 0 Å². The van der Waals surface area contributed by atoms with E-state index in [1.54, 1.807) is 6.20 Å². The van der Waals surface area contributed by atoms with Crippen molar-refractivity contribution in [3.05, 3.63) is 29.1 Å². The van der Waals surface area contributed by atoms with Gasteiger partial charge >= 0.3 is 0 Å². The van der Waals surface area contributed by atoms with Gasteiger partial charge in [-0.15, -0.1) is 0 Å². The Bertz CT molecular complexity index is 483. The summed E-state index contributed by atoms with van der Waals surface area (Å²) in [6, 6.07) is 1.86. The minimum Gasteiger partial charge on any atom is -0.323 e. The highest BCUT2D eigenvalue weighted by Crippen LogP contribution is 2.18. The number of rotatable bonds is 5. The number of sulfone groups is 1. The Hall–Kier alpha value is -0.940. The lowest BCUT2D eigenvalue weighted by Gasteiger charge is -2.13. The quantitative estimate of drug-likeness (QED) is 0.867. The van der Waals surface area contributed by atoms with Crippen LogP contribution in [-0.2, 0) is 9.84 Å². The van der Waals surface area contributed by atoms with Crippen molar-refractivity contribution in [2.24, 2.45) is 5.73 Å². The van der Waals surface area contributed by atoms with Crippen LogP contribution in [0.1, 0.15) is 35.7 Å². The Labute approximate surface area is 103 Å². The summed E-state index contributed by atoms with van der Waals surface area (Å²) in [7, 11) is -2.89. The molecule has 1 rings (SSSR count). The summed E-state index contributed by atoms with van der Waals surface area (Å²) in [6.07, 6.45) is 4.26. The van der Waals surface area contributed by atoms with Crippen molar-refractivity contribution in [3.8, 4) is 0 Å². The van der Waals surface area contributed by atoms with Crippen LogP contribution in [0.4, 0.5) is 0 Å². The number of nitrogens with zero attached hydrogens (tertiary/aromatic N) is 1. The van der Waals surface area contributed by atoms with E-state index in [0.717, 1.165) is 16.8 Å². The number of hydrogen-bond donors (Lipinski definition) is 1. The summed E-state index contributed by atoms with van der Waals surface area (Å²) in [5, 5.41) is 0. The van der Waals surface area contributed by atoms with Gasteiger partial charge in [-0.05, 0) is 37.8 Å². The Kier molecular flexibility index (Phi) is 4.65. The molecule has 0 radical (unpaired) electrons. The zero-order valence-corrected chi connectivity index (χ0v) is 11.4. The van der Waals surface area contributed by atoms with Gasteiger partial charge in [-0.3, -0.25) is 4.98 Å². The Morgan fingerprint density at radius 1 is 1.41 bits per heavy atom. The summed E-state index contributed by atoms with van der Waals surface area (Å²) < 4.78 is 22.0. The molecule has 1 unspecified atom stereocenters. The van der Waals surface area contributed by atoms with Crippen LogP contribution in [0, 0.1) is 13.8 Å². The smallest absolute Gasteiger partial charge is 0.147 e. The number of hydrogen-bond acceptors (Lipinski definition) is 4. The second kappa shape index (κ2) is 5.60. The molecule has 0 bridgehead atoms. The first-order valence-electron chi connectivity index (χ1n) is 5.66. The molecule has 96 valence electrons. The van der Waals surface area contributed by atoms with E-state index in [9.17, 15) is 8.42 Å². The van der Waals surface area contributed by atoms with Crippen molar-refractivity contribution in [1.82, 2.24) is 4.98 Å². The van der Waals surface area contributed by atoms with E-state index in [2.05, 4.69) is 4.98 Å². The second-order valence-corrected chi connectivity index (χ2v) is 6.85. The average Bonchev–Trinajstić information content (AvgIpc) is 2.15. The first-order chi connectivity index (χ1) is 7.79. The van der Waals surface area contributed by atoms with Crippen LogP contribution in [0.25, 0.3) is 0 Å². The van der Waals surface area contributed by atoms with Gasteiger partial charge in [-0.1, -0.05) is 6.07 Å². The molecule has 1 aromatic heterocycles. The molecular weight excluding hydrogens is 236 g/mol. The zero-order chi connectivity index (χ0) is 13.1. The molecule has 0 saturated carbocycles. The summed E-state index contributed by atoms with van der Waals surface area (Å²) in [4.78, 5) is 4.32. The molecule has 5 heteroatoms. The van der Waals surface area contributed by atoms with Gasteiger partial charge in [0.05, 0.1) is 5.69 Å². The third-order valence-corrected chi connectivity index (χ3v) is 3.67.